The van der Waals surface area contributed by atoms with Gasteiger partial charge in [0.2, 0.25) is 5.91 Å². The molecule has 1 amide bonds. The van der Waals surface area contributed by atoms with Crippen LogP contribution >= 0.6 is 0 Å². The predicted molar refractivity (Wildman–Crippen MR) is 97.6 cm³/mol. The third kappa shape index (κ3) is 6.45. The molecule has 5 nitrogen and oxygen atoms in total. The van der Waals surface area contributed by atoms with Crippen molar-refractivity contribution in [3.8, 4) is 5.75 Å². The summed E-state index contributed by atoms with van der Waals surface area (Å²) in [5, 5.41) is 4.84. The molecule has 0 saturated heterocycles. The van der Waals surface area contributed by atoms with Crippen molar-refractivity contribution in [3.63, 3.8) is 0 Å². The van der Waals surface area contributed by atoms with E-state index in [-0.39, 0.29) is 12.5 Å². The van der Waals surface area contributed by atoms with Crippen molar-refractivity contribution in [1.29, 1.82) is 0 Å². The maximum Gasteiger partial charge on any atom is 0.325 e. The van der Waals surface area contributed by atoms with Crippen LogP contribution in [-0.4, -0.2) is 31.6 Å². The van der Waals surface area contributed by atoms with Crippen molar-refractivity contribution in [2.45, 2.75) is 32.6 Å². The number of unbranched alkanes of at least 4 members (excludes halogenated alkanes) is 2. The van der Waals surface area contributed by atoms with Crippen LogP contribution in [0.5, 0.6) is 5.75 Å². The van der Waals surface area contributed by atoms with Gasteiger partial charge in [0, 0.05) is 11.8 Å². The fourth-order valence-electron chi connectivity index (χ4n) is 2.54. The molecule has 2 aromatic carbocycles. The van der Waals surface area contributed by atoms with Crippen molar-refractivity contribution in [3.05, 3.63) is 42.5 Å². The number of rotatable bonds is 10. The number of fused-ring (bicyclic) bond motifs is 1. The number of carbonyl (C=O) groups excluding carboxylic acids is 2. The minimum absolute atomic E-state index is 0.0587. The van der Waals surface area contributed by atoms with Gasteiger partial charge >= 0.3 is 5.97 Å². The van der Waals surface area contributed by atoms with Crippen LogP contribution in [0.4, 0.5) is 0 Å². The van der Waals surface area contributed by atoms with Gasteiger partial charge in [-0.2, -0.15) is 0 Å². The van der Waals surface area contributed by atoms with Crippen molar-refractivity contribution in [2.24, 2.45) is 0 Å². The second-order valence-corrected chi connectivity index (χ2v) is 5.72. The zero-order valence-electron chi connectivity index (χ0n) is 14.6. The molecule has 1 N–H and O–H groups in total. The van der Waals surface area contributed by atoms with E-state index in [0.717, 1.165) is 30.4 Å². The van der Waals surface area contributed by atoms with Gasteiger partial charge in [-0.3, -0.25) is 9.59 Å². The van der Waals surface area contributed by atoms with Crippen LogP contribution in [0.25, 0.3) is 10.8 Å². The number of carbonyl (C=O) groups is 2. The number of nitrogens with one attached hydrogen (secondary N) is 1. The smallest absolute Gasteiger partial charge is 0.325 e. The summed E-state index contributed by atoms with van der Waals surface area (Å²) in [7, 11) is 0. The summed E-state index contributed by atoms with van der Waals surface area (Å²) in [4.78, 5) is 22.7. The maximum atomic E-state index is 11.6. The van der Waals surface area contributed by atoms with Gasteiger partial charge in [-0.1, -0.05) is 36.4 Å². The molecule has 0 bridgehead atoms. The third-order valence-corrected chi connectivity index (χ3v) is 3.79. The molecule has 0 unspecified atom stereocenters. The summed E-state index contributed by atoms with van der Waals surface area (Å²) in [5.41, 5.74) is 0. The van der Waals surface area contributed by atoms with Gasteiger partial charge < -0.3 is 14.8 Å². The highest BCUT2D eigenvalue weighted by molar-refractivity contribution is 5.88. The third-order valence-electron chi connectivity index (χ3n) is 3.79. The van der Waals surface area contributed by atoms with E-state index in [1.54, 1.807) is 6.92 Å². The lowest BCUT2D eigenvalue weighted by Gasteiger charge is -2.09. The Balaban J connectivity index is 1.60. The summed E-state index contributed by atoms with van der Waals surface area (Å²) in [5.74, 6) is 0.368. The van der Waals surface area contributed by atoms with E-state index >= 15 is 0 Å². The van der Waals surface area contributed by atoms with Crippen LogP contribution in [0.1, 0.15) is 32.6 Å². The Morgan fingerprint density at radius 2 is 1.80 bits per heavy atom. The summed E-state index contributed by atoms with van der Waals surface area (Å²) < 4.78 is 10.6. The molecule has 0 spiro atoms. The Bertz CT molecular complexity index is 694. The molecule has 0 aromatic heterocycles. The van der Waals surface area contributed by atoms with Crippen molar-refractivity contribution in [1.82, 2.24) is 5.32 Å². The van der Waals surface area contributed by atoms with Gasteiger partial charge in [0.05, 0.1) is 13.2 Å². The molecule has 0 atom stereocenters. The van der Waals surface area contributed by atoms with E-state index in [2.05, 4.69) is 23.5 Å². The van der Waals surface area contributed by atoms with E-state index in [1.807, 2.05) is 24.3 Å². The summed E-state index contributed by atoms with van der Waals surface area (Å²) in [6, 6.07) is 14.2. The normalized spacial score (nSPS) is 10.4. The highest BCUT2D eigenvalue weighted by Gasteiger charge is 2.06. The Kier molecular flexibility index (Phi) is 7.76. The number of esters is 1. The van der Waals surface area contributed by atoms with Gasteiger partial charge in [0.15, 0.2) is 0 Å². The van der Waals surface area contributed by atoms with Crippen LogP contribution in [-0.2, 0) is 14.3 Å². The molecular weight excluding hydrogens is 318 g/mol. The fourth-order valence-corrected chi connectivity index (χ4v) is 2.54. The minimum Gasteiger partial charge on any atom is -0.493 e. The molecule has 2 aromatic rings. The molecule has 25 heavy (non-hydrogen) atoms. The molecule has 5 heteroatoms. The summed E-state index contributed by atoms with van der Waals surface area (Å²) in [6.45, 7) is 2.63. The first-order valence-electron chi connectivity index (χ1n) is 8.73. The first-order chi connectivity index (χ1) is 12.2. The summed E-state index contributed by atoms with van der Waals surface area (Å²) >= 11 is 0. The molecule has 0 aliphatic carbocycles. The zero-order chi connectivity index (χ0) is 17.9. The molecule has 0 radical (unpaired) electrons. The Morgan fingerprint density at radius 1 is 1.00 bits per heavy atom. The van der Waals surface area contributed by atoms with E-state index in [0.29, 0.717) is 19.6 Å². The van der Waals surface area contributed by atoms with E-state index < -0.39 is 5.97 Å². The number of benzene rings is 2. The maximum absolute atomic E-state index is 11.6. The molecule has 0 heterocycles. The van der Waals surface area contributed by atoms with Gasteiger partial charge in [-0.05, 0) is 37.6 Å². The van der Waals surface area contributed by atoms with E-state index in [9.17, 15) is 9.59 Å². The van der Waals surface area contributed by atoms with E-state index in [4.69, 9.17) is 9.47 Å². The predicted octanol–water partition coefficient (Wildman–Crippen LogP) is 3.46. The molecule has 0 saturated carbocycles. The second-order valence-electron chi connectivity index (χ2n) is 5.72. The summed E-state index contributed by atoms with van der Waals surface area (Å²) in [6.07, 6.45) is 2.97. The average Bonchev–Trinajstić information content (AvgIpc) is 2.63. The topological polar surface area (TPSA) is 64.6 Å². The highest BCUT2D eigenvalue weighted by Crippen LogP contribution is 2.25. The average molecular weight is 343 g/mol. The molecule has 2 rings (SSSR count). The van der Waals surface area contributed by atoms with Crippen molar-refractivity contribution < 1.29 is 19.1 Å². The molecule has 0 aliphatic rings. The monoisotopic (exact) mass is 343 g/mol. The number of hydrogen-bond donors (Lipinski definition) is 1. The molecular formula is C20H25NO4. The fraction of sp³-hybridized carbons (Fsp3) is 0.400. The van der Waals surface area contributed by atoms with E-state index in [1.165, 1.54) is 5.39 Å². The Labute approximate surface area is 148 Å². The van der Waals surface area contributed by atoms with Crippen molar-refractivity contribution >= 4 is 22.6 Å². The van der Waals surface area contributed by atoms with Crippen LogP contribution in [0.2, 0.25) is 0 Å². The number of hydrogen-bond acceptors (Lipinski definition) is 4. The van der Waals surface area contributed by atoms with Crippen LogP contribution in [0.15, 0.2) is 42.5 Å². The highest BCUT2D eigenvalue weighted by atomic mass is 16.5. The first kappa shape index (κ1) is 18.8. The molecule has 0 aliphatic heterocycles. The van der Waals surface area contributed by atoms with Crippen LogP contribution < -0.4 is 10.1 Å². The Morgan fingerprint density at radius 3 is 2.64 bits per heavy atom. The molecule has 0 fully saturated rings. The number of amides is 1. The SMILES string of the molecule is CCOC(=O)CNC(=O)CCCCCOc1cccc2ccccc12. The lowest BCUT2D eigenvalue weighted by Crippen LogP contribution is -2.30. The van der Waals surface area contributed by atoms with Gasteiger partial charge in [-0.25, -0.2) is 0 Å². The minimum atomic E-state index is -0.403. The standard InChI is InChI=1S/C20H25NO4/c1-2-24-20(23)15-21-19(22)13-4-3-7-14-25-18-12-8-10-16-9-5-6-11-17(16)18/h5-6,8-12H,2-4,7,13-15H2,1H3,(H,21,22). The van der Waals surface area contributed by atoms with Crippen LogP contribution in [0, 0.1) is 0 Å². The lowest BCUT2D eigenvalue weighted by atomic mass is 10.1. The van der Waals surface area contributed by atoms with Gasteiger partial charge in [0.25, 0.3) is 0 Å². The largest absolute Gasteiger partial charge is 0.493 e. The quantitative estimate of drug-likeness (QED) is 0.530. The van der Waals surface area contributed by atoms with Gasteiger partial charge in [0.1, 0.15) is 12.3 Å². The van der Waals surface area contributed by atoms with Crippen molar-refractivity contribution in [2.75, 3.05) is 19.8 Å². The molecule has 134 valence electrons. The Hall–Kier alpha value is -2.56. The lowest BCUT2D eigenvalue weighted by molar-refractivity contribution is -0.143. The van der Waals surface area contributed by atoms with Gasteiger partial charge in [-0.15, -0.1) is 0 Å². The second kappa shape index (κ2) is 10.3. The van der Waals surface area contributed by atoms with Crippen LogP contribution in [0.3, 0.4) is 0 Å². The number of ether oxygens (including phenoxy) is 2. The first-order valence-corrected chi connectivity index (χ1v) is 8.73. The zero-order valence-corrected chi connectivity index (χ0v) is 14.6.